The number of hydrogen-bond donors (Lipinski definition) is 1. The van der Waals surface area contributed by atoms with Gasteiger partial charge in [-0.25, -0.2) is 13.1 Å². The van der Waals surface area contributed by atoms with Crippen molar-refractivity contribution in [2.45, 2.75) is 63.4 Å². The lowest BCUT2D eigenvalue weighted by Crippen LogP contribution is -2.41. The largest absolute Gasteiger partial charge is 0.494 e. The van der Waals surface area contributed by atoms with E-state index in [1.165, 1.54) is 0 Å². The number of rotatable bonds is 8. The van der Waals surface area contributed by atoms with E-state index >= 15 is 0 Å². The highest BCUT2D eigenvalue weighted by Crippen LogP contribution is 2.36. The minimum Gasteiger partial charge on any atom is -0.494 e. The zero-order chi connectivity index (χ0) is 19.0. The summed E-state index contributed by atoms with van der Waals surface area (Å²) in [6.07, 6.45) is 2.19. The van der Waals surface area contributed by atoms with E-state index in [0.717, 1.165) is 24.1 Å². The van der Waals surface area contributed by atoms with Crippen molar-refractivity contribution in [1.29, 1.82) is 0 Å². The van der Waals surface area contributed by atoms with Crippen LogP contribution in [0, 0.1) is 0 Å². The van der Waals surface area contributed by atoms with E-state index in [9.17, 15) is 8.42 Å². The molecular formula is C18H28BNO5S. The van der Waals surface area contributed by atoms with Gasteiger partial charge < -0.3 is 14.0 Å². The summed E-state index contributed by atoms with van der Waals surface area (Å²) in [6.45, 7) is 8.99. The summed E-state index contributed by atoms with van der Waals surface area (Å²) in [5.74, 6) is 0.746. The summed E-state index contributed by atoms with van der Waals surface area (Å²) in [7, 11) is -3.48. The molecule has 0 spiro atoms. The fourth-order valence-corrected chi connectivity index (χ4v) is 4.09. The van der Waals surface area contributed by atoms with E-state index in [1.807, 2.05) is 52.0 Å². The first-order valence-corrected chi connectivity index (χ1v) is 10.7. The number of ether oxygens (including phenoxy) is 1. The average molecular weight is 381 g/mol. The molecule has 1 heterocycles. The first kappa shape index (κ1) is 19.7. The van der Waals surface area contributed by atoms with Gasteiger partial charge in [-0.1, -0.05) is 12.1 Å². The summed E-state index contributed by atoms with van der Waals surface area (Å²) < 4.78 is 43.8. The van der Waals surface area contributed by atoms with Crippen LogP contribution in [0.4, 0.5) is 0 Å². The van der Waals surface area contributed by atoms with Gasteiger partial charge in [0.15, 0.2) is 0 Å². The molecule has 8 heteroatoms. The van der Waals surface area contributed by atoms with Crippen LogP contribution in [0.1, 0.15) is 47.0 Å². The van der Waals surface area contributed by atoms with Gasteiger partial charge in [0.2, 0.25) is 10.0 Å². The summed E-state index contributed by atoms with van der Waals surface area (Å²) in [5, 5.41) is -0.175. The van der Waals surface area contributed by atoms with Crippen LogP contribution < -0.4 is 14.9 Å². The molecule has 1 saturated carbocycles. The zero-order valence-corrected chi connectivity index (χ0v) is 16.8. The van der Waals surface area contributed by atoms with Gasteiger partial charge in [0.1, 0.15) is 5.75 Å². The maximum absolute atomic E-state index is 11.7. The highest BCUT2D eigenvalue weighted by Gasteiger charge is 2.51. The molecule has 1 aliphatic carbocycles. The second kappa shape index (κ2) is 7.15. The zero-order valence-electron chi connectivity index (χ0n) is 15.9. The van der Waals surface area contributed by atoms with E-state index in [0.29, 0.717) is 19.6 Å². The first-order chi connectivity index (χ1) is 12.1. The molecular weight excluding hydrogens is 353 g/mol. The summed E-state index contributed by atoms with van der Waals surface area (Å²) in [6, 6.07) is 7.64. The Morgan fingerprint density at radius 1 is 1.12 bits per heavy atom. The molecule has 1 aliphatic heterocycles. The minimum atomic E-state index is -3.10. The first-order valence-electron chi connectivity index (χ1n) is 9.18. The van der Waals surface area contributed by atoms with Gasteiger partial charge in [-0.2, -0.15) is 0 Å². The van der Waals surface area contributed by atoms with Crippen LogP contribution in [0.15, 0.2) is 24.3 Å². The fraction of sp³-hybridized carbons (Fsp3) is 0.667. The Hall–Kier alpha value is -1.09. The van der Waals surface area contributed by atoms with Crippen molar-refractivity contribution in [2.24, 2.45) is 0 Å². The van der Waals surface area contributed by atoms with E-state index in [-0.39, 0.29) is 23.6 Å². The van der Waals surface area contributed by atoms with E-state index in [2.05, 4.69) is 4.72 Å². The molecule has 1 aromatic carbocycles. The monoisotopic (exact) mass is 381 g/mol. The maximum atomic E-state index is 11.7. The Morgan fingerprint density at radius 3 is 2.23 bits per heavy atom. The number of nitrogens with one attached hydrogen (secondary N) is 1. The van der Waals surface area contributed by atoms with Gasteiger partial charge in [0.05, 0.1) is 23.1 Å². The molecule has 1 saturated heterocycles. The lowest BCUT2D eigenvalue weighted by atomic mass is 9.79. The lowest BCUT2D eigenvalue weighted by Gasteiger charge is -2.32. The van der Waals surface area contributed by atoms with Gasteiger partial charge in [0.25, 0.3) is 0 Å². The molecule has 1 aromatic rings. The van der Waals surface area contributed by atoms with Crippen molar-refractivity contribution in [3.8, 4) is 5.75 Å². The van der Waals surface area contributed by atoms with Crippen molar-refractivity contribution >= 4 is 22.6 Å². The Morgan fingerprint density at radius 2 is 1.69 bits per heavy atom. The van der Waals surface area contributed by atoms with Crippen molar-refractivity contribution in [1.82, 2.24) is 4.72 Å². The van der Waals surface area contributed by atoms with Gasteiger partial charge in [-0.05, 0) is 64.6 Å². The maximum Gasteiger partial charge on any atom is 0.494 e. The van der Waals surface area contributed by atoms with Crippen LogP contribution in [0.25, 0.3) is 0 Å². The molecule has 1 N–H and O–H groups in total. The SMILES string of the molecule is CC1(C)OB(c2ccc(OCCCNS(=O)(=O)C3CC3)cc2)OC1(C)C. The highest BCUT2D eigenvalue weighted by molar-refractivity contribution is 7.90. The van der Waals surface area contributed by atoms with Gasteiger partial charge in [-0.15, -0.1) is 0 Å². The molecule has 26 heavy (non-hydrogen) atoms. The van der Waals surface area contributed by atoms with E-state index in [1.54, 1.807) is 0 Å². The molecule has 2 aliphatic rings. The molecule has 0 unspecified atom stereocenters. The highest BCUT2D eigenvalue weighted by atomic mass is 32.2. The molecule has 0 amide bonds. The molecule has 0 atom stereocenters. The third-order valence-corrected chi connectivity index (χ3v) is 7.22. The second-order valence-electron chi connectivity index (χ2n) is 8.00. The molecule has 6 nitrogen and oxygen atoms in total. The van der Waals surface area contributed by atoms with Gasteiger partial charge >= 0.3 is 7.12 Å². The predicted octanol–water partition coefficient (Wildman–Crippen LogP) is 1.84. The third-order valence-electron chi connectivity index (χ3n) is 5.26. The molecule has 2 fully saturated rings. The average Bonchev–Trinajstić information content (AvgIpc) is 3.36. The standard InChI is InChI=1S/C18H28BNO5S/c1-17(2)18(3,4)25-19(24-17)14-6-8-15(9-7-14)23-13-5-12-20-26(21,22)16-10-11-16/h6-9,16,20H,5,10-13H2,1-4H3. The third kappa shape index (κ3) is 4.42. The van der Waals surface area contributed by atoms with Crippen LogP contribution in [-0.4, -0.2) is 45.1 Å². The quantitative estimate of drug-likeness (QED) is 0.550. The minimum absolute atomic E-state index is 0.175. The van der Waals surface area contributed by atoms with Crippen molar-refractivity contribution < 1.29 is 22.5 Å². The van der Waals surface area contributed by atoms with Crippen LogP contribution in [-0.2, 0) is 19.3 Å². The van der Waals surface area contributed by atoms with Crippen molar-refractivity contribution in [3.63, 3.8) is 0 Å². The lowest BCUT2D eigenvalue weighted by molar-refractivity contribution is 0.00578. The number of hydrogen-bond acceptors (Lipinski definition) is 5. The predicted molar refractivity (Wildman–Crippen MR) is 102 cm³/mol. The van der Waals surface area contributed by atoms with E-state index in [4.69, 9.17) is 14.0 Å². The Kier molecular flexibility index (Phi) is 5.41. The van der Waals surface area contributed by atoms with Crippen LogP contribution in [0.5, 0.6) is 5.75 Å². The Labute approximate surface area is 156 Å². The molecule has 3 rings (SSSR count). The van der Waals surface area contributed by atoms with E-state index < -0.39 is 10.0 Å². The van der Waals surface area contributed by atoms with Crippen LogP contribution in [0.2, 0.25) is 0 Å². The number of sulfonamides is 1. The van der Waals surface area contributed by atoms with Crippen molar-refractivity contribution in [2.75, 3.05) is 13.2 Å². The molecule has 0 radical (unpaired) electrons. The molecule has 0 aromatic heterocycles. The van der Waals surface area contributed by atoms with Gasteiger partial charge in [0, 0.05) is 6.54 Å². The van der Waals surface area contributed by atoms with Gasteiger partial charge in [-0.3, -0.25) is 0 Å². The number of benzene rings is 1. The summed E-state index contributed by atoms with van der Waals surface area (Å²) >= 11 is 0. The molecule has 0 bridgehead atoms. The smallest absolute Gasteiger partial charge is 0.494 e. The van der Waals surface area contributed by atoms with Crippen LogP contribution >= 0.6 is 0 Å². The molecule has 144 valence electrons. The summed E-state index contributed by atoms with van der Waals surface area (Å²) in [5.41, 5.74) is 0.231. The Balaban J connectivity index is 1.43. The fourth-order valence-electron chi connectivity index (χ4n) is 2.67. The van der Waals surface area contributed by atoms with Crippen molar-refractivity contribution in [3.05, 3.63) is 24.3 Å². The second-order valence-corrected chi connectivity index (χ2v) is 10.0. The normalized spacial score (nSPS) is 21.8. The Bertz CT molecular complexity index is 712. The van der Waals surface area contributed by atoms with Crippen LogP contribution in [0.3, 0.4) is 0 Å². The topological polar surface area (TPSA) is 73.9 Å². The summed E-state index contributed by atoms with van der Waals surface area (Å²) in [4.78, 5) is 0.